The van der Waals surface area contributed by atoms with Gasteiger partial charge in [-0.25, -0.2) is 4.68 Å². The molecule has 1 amide bonds. The van der Waals surface area contributed by atoms with E-state index >= 15 is 0 Å². The molecule has 0 spiro atoms. The minimum Gasteiger partial charge on any atom is -0.486 e. The number of aromatic nitrogens is 2. The summed E-state index contributed by atoms with van der Waals surface area (Å²) < 4.78 is 13.1. The van der Waals surface area contributed by atoms with Gasteiger partial charge in [-0.2, -0.15) is 5.10 Å². The van der Waals surface area contributed by atoms with Crippen molar-refractivity contribution >= 4 is 17.5 Å². The van der Waals surface area contributed by atoms with Crippen LogP contribution in [0.15, 0.2) is 48.5 Å². The van der Waals surface area contributed by atoms with Gasteiger partial charge in [0.25, 0.3) is 5.91 Å². The summed E-state index contributed by atoms with van der Waals surface area (Å²) in [4.78, 5) is 15.1. The summed E-state index contributed by atoms with van der Waals surface area (Å²) in [6.45, 7) is 6.24. The average Bonchev–Trinajstić information content (AvgIpc) is 3.05. The number of hydrogen-bond donors (Lipinski definition) is 0. The Bertz CT molecular complexity index is 1050. The van der Waals surface area contributed by atoms with E-state index in [9.17, 15) is 4.79 Å². The van der Waals surface area contributed by atoms with Crippen LogP contribution in [0.25, 0.3) is 0 Å². The van der Waals surface area contributed by atoms with Crippen LogP contribution >= 0.6 is 11.6 Å². The normalized spacial score (nSPS) is 12.6. The summed E-state index contributed by atoms with van der Waals surface area (Å²) in [5.41, 5.74) is 3.04. The molecule has 3 aromatic rings. The van der Waals surface area contributed by atoms with Crippen molar-refractivity contribution in [1.29, 1.82) is 0 Å². The Kier molecular flexibility index (Phi) is 5.95. The zero-order valence-electron chi connectivity index (χ0n) is 17.1. The van der Waals surface area contributed by atoms with Gasteiger partial charge in [0.2, 0.25) is 0 Å². The predicted octanol–water partition coefficient (Wildman–Crippen LogP) is 4.33. The zero-order chi connectivity index (χ0) is 21.1. The molecule has 0 radical (unpaired) electrons. The lowest BCUT2D eigenvalue weighted by molar-refractivity contribution is 0.0748. The van der Waals surface area contributed by atoms with Crippen LogP contribution in [0.3, 0.4) is 0 Å². The van der Waals surface area contributed by atoms with Gasteiger partial charge in [-0.15, -0.1) is 0 Å². The fraction of sp³-hybridized carbons (Fsp3) is 0.304. The highest BCUT2D eigenvalue weighted by molar-refractivity contribution is 6.33. The molecule has 0 bridgehead atoms. The number of hydrogen-bond acceptors (Lipinski definition) is 4. The number of halogens is 1. The van der Waals surface area contributed by atoms with E-state index in [0.717, 1.165) is 11.1 Å². The molecule has 0 saturated heterocycles. The molecule has 6 nitrogen and oxygen atoms in total. The minimum atomic E-state index is -0.145. The molecule has 30 heavy (non-hydrogen) atoms. The number of aryl methyl sites for hydroxylation is 1. The van der Waals surface area contributed by atoms with E-state index in [1.807, 2.05) is 62.4 Å². The number of para-hydroxylation sites is 1. The molecule has 7 heteroatoms. The number of fused-ring (bicyclic) bond motifs is 1. The SMILES string of the molecule is CCN(Cc1cccc2c1OCCO2)C(=O)c1c(C)nn(Cc2ccccc2)c1Cl. The Balaban J connectivity index is 1.59. The van der Waals surface area contributed by atoms with Crippen molar-refractivity contribution in [3.8, 4) is 11.5 Å². The maximum atomic E-state index is 13.4. The van der Waals surface area contributed by atoms with Crippen LogP contribution in [0.4, 0.5) is 0 Å². The van der Waals surface area contributed by atoms with Crippen LogP contribution in [-0.2, 0) is 13.1 Å². The Labute approximate surface area is 181 Å². The second kappa shape index (κ2) is 8.79. The fourth-order valence-corrected chi connectivity index (χ4v) is 3.92. The molecule has 0 atom stereocenters. The lowest BCUT2D eigenvalue weighted by Crippen LogP contribution is -2.31. The number of ether oxygens (including phenoxy) is 2. The van der Waals surface area contributed by atoms with E-state index in [1.54, 1.807) is 9.58 Å². The van der Waals surface area contributed by atoms with Crippen molar-refractivity contribution < 1.29 is 14.3 Å². The van der Waals surface area contributed by atoms with Crippen LogP contribution in [0, 0.1) is 6.92 Å². The highest BCUT2D eigenvalue weighted by Crippen LogP contribution is 2.34. The summed E-state index contributed by atoms with van der Waals surface area (Å²) in [5.74, 6) is 1.28. The fourth-order valence-electron chi connectivity index (χ4n) is 3.61. The first kappa shape index (κ1) is 20.3. The molecule has 1 aliphatic heterocycles. The Morgan fingerprint density at radius 1 is 1.13 bits per heavy atom. The van der Waals surface area contributed by atoms with Gasteiger partial charge in [0.15, 0.2) is 11.5 Å². The number of nitrogens with zero attached hydrogens (tertiary/aromatic N) is 3. The minimum absolute atomic E-state index is 0.145. The molecule has 4 rings (SSSR count). The largest absolute Gasteiger partial charge is 0.486 e. The number of amides is 1. The van der Waals surface area contributed by atoms with Gasteiger partial charge >= 0.3 is 0 Å². The van der Waals surface area contributed by atoms with Crippen molar-refractivity contribution in [2.24, 2.45) is 0 Å². The molecule has 1 aliphatic rings. The quantitative estimate of drug-likeness (QED) is 0.590. The van der Waals surface area contributed by atoms with Gasteiger partial charge in [-0.3, -0.25) is 4.79 Å². The van der Waals surface area contributed by atoms with Crippen molar-refractivity contribution in [3.63, 3.8) is 0 Å². The highest BCUT2D eigenvalue weighted by Gasteiger charge is 2.26. The summed E-state index contributed by atoms with van der Waals surface area (Å²) in [6.07, 6.45) is 0. The number of benzene rings is 2. The molecule has 0 unspecified atom stereocenters. The molecular weight excluding hydrogens is 402 g/mol. The average molecular weight is 426 g/mol. The number of carbonyl (C=O) groups is 1. The van der Waals surface area contributed by atoms with Crippen LogP contribution in [0.1, 0.15) is 34.1 Å². The van der Waals surface area contributed by atoms with E-state index < -0.39 is 0 Å². The van der Waals surface area contributed by atoms with Gasteiger partial charge < -0.3 is 14.4 Å². The molecule has 0 fully saturated rings. The van der Waals surface area contributed by atoms with Gasteiger partial charge in [0.1, 0.15) is 18.4 Å². The first-order chi connectivity index (χ1) is 14.6. The molecule has 2 heterocycles. The molecule has 156 valence electrons. The Morgan fingerprint density at radius 2 is 1.90 bits per heavy atom. The third kappa shape index (κ3) is 4.00. The van der Waals surface area contributed by atoms with Crippen molar-refractivity contribution in [3.05, 3.63) is 76.1 Å². The van der Waals surface area contributed by atoms with Crippen LogP contribution in [-0.4, -0.2) is 40.3 Å². The molecule has 0 saturated carbocycles. The smallest absolute Gasteiger partial charge is 0.259 e. The topological polar surface area (TPSA) is 56.6 Å². The van der Waals surface area contributed by atoms with E-state index in [4.69, 9.17) is 21.1 Å². The molecule has 2 aromatic carbocycles. The van der Waals surface area contributed by atoms with Gasteiger partial charge in [-0.05, 0) is 25.5 Å². The monoisotopic (exact) mass is 425 g/mol. The predicted molar refractivity (Wildman–Crippen MR) is 115 cm³/mol. The van der Waals surface area contributed by atoms with Crippen LogP contribution in [0.2, 0.25) is 5.15 Å². The molecular formula is C23H24ClN3O3. The third-order valence-corrected chi connectivity index (χ3v) is 5.52. The maximum Gasteiger partial charge on any atom is 0.259 e. The summed E-state index contributed by atoms with van der Waals surface area (Å²) >= 11 is 6.60. The molecule has 0 N–H and O–H groups in total. The highest BCUT2D eigenvalue weighted by atomic mass is 35.5. The van der Waals surface area contributed by atoms with Crippen molar-refractivity contribution in [2.75, 3.05) is 19.8 Å². The zero-order valence-corrected chi connectivity index (χ0v) is 17.9. The van der Waals surface area contributed by atoms with Gasteiger partial charge in [0, 0.05) is 18.7 Å². The summed E-state index contributed by atoms with van der Waals surface area (Å²) in [5, 5.41) is 4.87. The molecule has 0 aliphatic carbocycles. The first-order valence-corrected chi connectivity index (χ1v) is 10.4. The summed E-state index contributed by atoms with van der Waals surface area (Å²) in [7, 11) is 0. The van der Waals surface area contributed by atoms with Gasteiger partial charge in [0.05, 0.1) is 17.8 Å². The number of rotatable bonds is 6. The van der Waals surface area contributed by atoms with Gasteiger partial charge in [-0.1, -0.05) is 54.1 Å². The maximum absolute atomic E-state index is 13.4. The Hall–Kier alpha value is -2.99. The Morgan fingerprint density at radius 3 is 2.67 bits per heavy atom. The van der Waals surface area contributed by atoms with E-state index in [1.165, 1.54) is 0 Å². The lowest BCUT2D eigenvalue weighted by Gasteiger charge is -2.25. The first-order valence-electron chi connectivity index (χ1n) is 10.0. The van der Waals surface area contributed by atoms with Crippen LogP contribution < -0.4 is 9.47 Å². The second-order valence-corrected chi connectivity index (χ2v) is 7.51. The van der Waals surface area contributed by atoms with E-state index in [0.29, 0.717) is 60.8 Å². The van der Waals surface area contributed by atoms with Crippen LogP contribution in [0.5, 0.6) is 11.5 Å². The molecule has 1 aromatic heterocycles. The summed E-state index contributed by atoms with van der Waals surface area (Å²) in [6, 6.07) is 15.7. The van der Waals surface area contributed by atoms with Crippen molar-refractivity contribution in [2.45, 2.75) is 26.9 Å². The standard InChI is InChI=1S/C23H24ClN3O3/c1-3-26(15-18-10-7-11-19-21(18)30-13-12-29-19)23(28)20-16(2)25-27(22(20)24)14-17-8-5-4-6-9-17/h4-11H,3,12-15H2,1-2H3. The second-order valence-electron chi connectivity index (χ2n) is 7.16. The van der Waals surface area contributed by atoms with E-state index in [2.05, 4.69) is 5.10 Å². The number of carbonyl (C=O) groups excluding carboxylic acids is 1. The third-order valence-electron chi connectivity index (χ3n) is 5.13. The lowest BCUT2D eigenvalue weighted by atomic mass is 10.1. The van der Waals surface area contributed by atoms with Crippen molar-refractivity contribution in [1.82, 2.24) is 14.7 Å². The van der Waals surface area contributed by atoms with E-state index in [-0.39, 0.29) is 5.91 Å².